The Bertz CT molecular complexity index is 330. The summed E-state index contributed by atoms with van der Waals surface area (Å²) in [5.74, 6) is 0.0257. The first-order chi connectivity index (χ1) is 6.81. The van der Waals surface area contributed by atoms with Crippen LogP contribution < -0.4 is 15.4 Å². The minimum Gasteiger partial charge on any atom is -0.486 e. The lowest BCUT2D eigenvalue weighted by Gasteiger charge is -2.27. The van der Waals surface area contributed by atoms with Gasteiger partial charge in [-0.2, -0.15) is 0 Å². The van der Waals surface area contributed by atoms with E-state index in [1.807, 2.05) is 13.1 Å². The number of likely N-dealkylation sites (N-methyl/N-ethyl adjacent to an activating group) is 1. The van der Waals surface area contributed by atoms with Gasteiger partial charge in [-0.25, -0.2) is 4.39 Å². The minimum atomic E-state index is -0.307. The molecule has 1 heterocycles. The lowest BCUT2D eigenvalue weighted by Crippen LogP contribution is -2.39. The van der Waals surface area contributed by atoms with Gasteiger partial charge in [0.05, 0.1) is 11.7 Å². The first-order valence-corrected chi connectivity index (χ1v) is 4.63. The summed E-state index contributed by atoms with van der Waals surface area (Å²) in [6.07, 6.45) is 0. The molecule has 0 spiro atoms. The van der Waals surface area contributed by atoms with Crippen LogP contribution in [-0.2, 0) is 0 Å². The van der Waals surface area contributed by atoms with Gasteiger partial charge in [-0.05, 0) is 19.2 Å². The van der Waals surface area contributed by atoms with Crippen LogP contribution in [0.4, 0.5) is 10.1 Å². The van der Waals surface area contributed by atoms with Crippen molar-refractivity contribution < 1.29 is 9.13 Å². The fourth-order valence-electron chi connectivity index (χ4n) is 1.57. The van der Waals surface area contributed by atoms with E-state index >= 15 is 0 Å². The van der Waals surface area contributed by atoms with Crippen LogP contribution in [0.25, 0.3) is 0 Å². The monoisotopic (exact) mass is 196 g/mol. The molecule has 1 aromatic carbocycles. The summed E-state index contributed by atoms with van der Waals surface area (Å²) in [7, 11) is 1.88. The average Bonchev–Trinajstić information content (AvgIpc) is 2.18. The second kappa shape index (κ2) is 3.84. The Balaban J connectivity index is 2.18. The maximum absolute atomic E-state index is 13.2. The van der Waals surface area contributed by atoms with Crippen molar-refractivity contribution in [3.8, 4) is 5.75 Å². The largest absolute Gasteiger partial charge is 0.486 e. The van der Waals surface area contributed by atoms with Crippen LogP contribution in [0.3, 0.4) is 0 Å². The zero-order chi connectivity index (χ0) is 9.97. The van der Waals surface area contributed by atoms with E-state index < -0.39 is 0 Å². The lowest BCUT2D eigenvalue weighted by atomic mass is 10.2. The lowest BCUT2D eigenvalue weighted by molar-refractivity contribution is 0.269. The maximum Gasteiger partial charge on any atom is 0.178 e. The van der Waals surface area contributed by atoms with Crippen molar-refractivity contribution >= 4 is 5.69 Å². The van der Waals surface area contributed by atoms with Crippen molar-refractivity contribution in [2.75, 3.05) is 25.5 Å². The first-order valence-electron chi connectivity index (χ1n) is 4.63. The van der Waals surface area contributed by atoms with Crippen molar-refractivity contribution in [1.82, 2.24) is 5.32 Å². The standard InChI is InChI=1S/C10H13FN2O/c1-12-5-7-6-14-10-8(11)3-2-4-9(10)13-7/h2-4,7,12-13H,5-6H2,1H3. The van der Waals surface area contributed by atoms with Gasteiger partial charge in [0.25, 0.3) is 0 Å². The molecule has 0 aliphatic carbocycles. The minimum absolute atomic E-state index is 0.203. The number of para-hydroxylation sites is 1. The summed E-state index contributed by atoms with van der Waals surface area (Å²) in [5.41, 5.74) is 0.733. The van der Waals surface area contributed by atoms with Gasteiger partial charge in [-0.15, -0.1) is 0 Å². The molecule has 1 unspecified atom stereocenters. The molecule has 1 aliphatic rings. The molecule has 0 radical (unpaired) electrons. The zero-order valence-electron chi connectivity index (χ0n) is 8.01. The van der Waals surface area contributed by atoms with E-state index in [2.05, 4.69) is 10.6 Å². The molecule has 76 valence electrons. The number of halogens is 1. The molecule has 3 nitrogen and oxygen atoms in total. The Labute approximate surface area is 82.3 Å². The summed E-state index contributed by atoms with van der Waals surface area (Å²) < 4.78 is 18.5. The number of ether oxygens (including phenoxy) is 1. The number of hydrogen-bond acceptors (Lipinski definition) is 3. The van der Waals surface area contributed by atoms with E-state index in [9.17, 15) is 4.39 Å². The molecule has 0 amide bonds. The molecule has 2 N–H and O–H groups in total. The Hall–Kier alpha value is -1.29. The van der Waals surface area contributed by atoms with Crippen molar-refractivity contribution in [3.05, 3.63) is 24.0 Å². The highest BCUT2D eigenvalue weighted by atomic mass is 19.1. The van der Waals surface area contributed by atoms with Gasteiger partial charge in [0, 0.05) is 6.54 Å². The fourth-order valence-corrected chi connectivity index (χ4v) is 1.57. The van der Waals surface area contributed by atoms with E-state index in [0.29, 0.717) is 12.4 Å². The third-order valence-corrected chi connectivity index (χ3v) is 2.21. The Kier molecular flexibility index (Phi) is 2.54. The average molecular weight is 196 g/mol. The van der Waals surface area contributed by atoms with Crippen LogP contribution in [0, 0.1) is 5.82 Å². The maximum atomic E-state index is 13.2. The van der Waals surface area contributed by atoms with Gasteiger partial charge in [-0.1, -0.05) is 6.07 Å². The van der Waals surface area contributed by atoms with Crippen LogP contribution >= 0.6 is 0 Å². The molecule has 2 rings (SSSR count). The van der Waals surface area contributed by atoms with Crippen LogP contribution in [0.15, 0.2) is 18.2 Å². The molecule has 0 saturated carbocycles. The molecule has 14 heavy (non-hydrogen) atoms. The quantitative estimate of drug-likeness (QED) is 0.746. The molecule has 1 aliphatic heterocycles. The van der Waals surface area contributed by atoms with E-state index in [1.54, 1.807) is 6.07 Å². The topological polar surface area (TPSA) is 33.3 Å². The first kappa shape index (κ1) is 9.27. The van der Waals surface area contributed by atoms with Crippen LogP contribution in [-0.4, -0.2) is 26.2 Å². The van der Waals surface area contributed by atoms with E-state index in [1.165, 1.54) is 6.07 Å². The van der Waals surface area contributed by atoms with Gasteiger partial charge in [0.2, 0.25) is 0 Å². The second-order valence-electron chi connectivity index (χ2n) is 3.33. The summed E-state index contributed by atoms with van der Waals surface area (Å²) >= 11 is 0. The molecule has 0 saturated heterocycles. The predicted molar refractivity (Wildman–Crippen MR) is 53.2 cm³/mol. The molecule has 4 heteroatoms. The van der Waals surface area contributed by atoms with Crippen LogP contribution in [0.2, 0.25) is 0 Å². The fraction of sp³-hybridized carbons (Fsp3) is 0.400. The molecule has 0 fully saturated rings. The Morgan fingerprint density at radius 3 is 3.29 bits per heavy atom. The van der Waals surface area contributed by atoms with Gasteiger partial charge >= 0.3 is 0 Å². The summed E-state index contributed by atoms with van der Waals surface area (Å²) in [5, 5.41) is 6.26. The second-order valence-corrected chi connectivity index (χ2v) is 3.33. The van der Waals surface area contributed by atoms with Gasteiger partial charge in [-0.3, -0.25) is 0 Å². The van der Waals surface area contributed by atoms with Crippen molar-refractivity contribution in [2.45, 2.75) is 6.04 Å². The highest BCUT2D eigenvalue weighted by molar-refractivity contribution is 5.58. The molecule has 0 bridgehead atoms. The van der Waals surface area contributed by atoms with Crippen LogP contribution in [0.5, 0.6) is 5.75 Å². The molecule has 1 aromatic rings. The van der Waals surface area contributed by atoms with Crippen molar-refractivity contribution in [2.24, 2.45) is 0 Å². The van der Waals surface area contributed by atoms with E-state index in [4.69, 9.17) is 4.74 Å². The third-order valence-electron chi connectivity index (χ3n) is 2.21. The summed E-state index contributed by atoms with van der Waals surface area (Å²) in [4.78, 5) is 0. The Morgan fingerprint density at radius 1 is 1.64 bits per heavy atom. The number of fused-ring (bicyclic) bond motifs is 1. The van der Waals surface area contributed by atoms with E-state index in [0.717, 1.165) is 12.2 Å². The number of benzene rings is 1. The number of hydrogen-bond donors (Lipinski definition) is 2. The smallest absolute Gasteiger partial charge is 0.178 e. The highest BCUT2D eigenvalue weighted by Gasteiger charge is 2.20. The van der Waals surface area contributed by atoms with Gasteiger partial charge in [0.15, 0.2) is 11.6 Å². The van der Waals surface area contributed by atoms with Crippen LogP contribution in [0.1, 0.15) is 0 Å². The molecule has 1 atom stereocenters. The highest BCUT2D eigenvalue weighted by Crippen LogP contribution is 2.31. The van der Waals surface area contributed by atoms with Crippen molar-refractivity contribution in [3.63, 3.8) is 0 Å². The summed E-state index contributed by atoms with van der Waals surface area (Å²) in [6.45, 7) is 1.30. The molecule has 0 aromatic heterocycles. The van der Waals surface area contributed by atoms with E-state index in [-0.39, 0.29) is 11.9 Å². The zero-order valence-corrected chi connectivity index (χ0v) is 8.01. The number of nitrogens with one attached hydrogen (secondary N) is 2. The Morgan fingerprint density at radius 2 is 2.50 bits per heavy atom. The summed E-state index contributed by atoms with van der Waals surface area (Å²) in [6, 6.07) is 5.10. The third kappa shape index (κ3) is 1.65. The number of anilines is 1. The normalized spacial score (nSPS) is 19.4. The van der Waals surface area contributed by atoms with Crippen molar-refractivity contribution in [1.29, 1.82) is 0 Å². The SMILES string of the molecule is CNCC1COc2c(F)cccc2N1. The molecular formula is C10H13FN2O. The van der Waals surface area contributed by atoms with Gasteiger partial charge < -0.3 is 15.4 Å². The molecular weight excluding hydrogens is 183 g/mol. The predicted octanol–water partition coefficient (Wildman–Crippen LogP) is 1.22. The van der Waals surface area contributed by atoms with Gasteiger partial charge in [0.1, 0.15) is 6.61 Å². The number of rotatable bonds is 2.